The summed E-state index contributed by atoms with van der Waals surface area (Å²) in [5, 5.41) is 21.9. The predicted octanol–water partition coefficient (Wildman–Crippen LogP) is 4.15. The highest BCUT2D eigenvalue weighted by Crippen LogP contribution is 2.46. The van der Waals surface area contributed by atoms with Gasteiger partial charge in [-0.2, -0.15) is 0 Å². The quantitative estimate of drug-likeness (QED) is 0.711. The zero-order chi connectivity index (χ0) is 20.8. The molecule has 5 atom stereocenters. The topological polar surface area (TPSA) is 88.9 Å². The summed E-state index contributed by atoms with van der Waals surface area (Å²) >= 11 is 1.30. The average Bonchev–Trinajstić information content (AvgIpc) is 3.35. The number of carbonyl (C=O) groups is 1. The minimum atomic E-state index is -1.04. The number of aliphatic hydroxyl groups is 1. The number of rotatable bonds is 6. The van der Waals surface area contributed by atoms with E-state index < -0.39 is 12.1 Å². The standard InChI is InChI=1S/C22H24FNO5S/c23-16-5-3-12(7-14(16)11-1-2-11)28-9-15-13-4-6-19(29-20(13)8-18(15)25)21-24-17(10-30-21)22(26)27/h3,5,7,10-11,13,15,18-20,25H,1-2,4,6,8-9H2,(H,26,27)/t13-,15-,18+,19-,20+/m1/s1. The maximum absolute atomic E-state index is 14.0. The molecule has 0 bridgehead atoms. The number of aromatic nitrogens is 1. The van der Waals surface area contributed by atoms with E-state index in [0.29, 0.717) is 29.7 Å². The number of carboxylic acids is 1. The van der Waals surface area contributed by atoms with E-state index in [1.54, 1.807) is 12.1 Å². The second-order valence-corrected chi connectivity index (χ2v) is 9.41. The van der Waals surface area contributed by atoms with Gasteiger partial charge in [-0.1, -0.05) is 0 Å². The van der Waals surface area contributed by atoms with Gasteiger partial charge in [-0.15, -0.1) is 11.3 Å². The van der Waals surface area contributed by atoms with E-state index in [1.807, 2.05) is 0 Å². The molecule has 1 aliphatic heterocycles. The van der Waals surface area contributed by atoms with Crippen LogP contribution in [0.15, 0.2) is 23.6 Å². The van der Waals surface area contributed by atoms with Gasteiger partial charge in [0.1, 0.15) is 22.7 Å². The Labute approximate surface area is 177 Å². The fourth-order valence-corrected chi connectivity index (χ4v) is 5.65. The predicted molar refractivity (Wildman–Crippen MR) is 107 cm³/mol. The highest BCUT2D eigenvalue weighted by Gasteiger charge is 2.47. The summed E-state index contributed by atoms with van der Waals surface area (Å²) in [6.45, 7) is 0.368. The maximum Gasteiger partial charge on any atom is 0.355 e. The fourth-order valence-electron chi connectivity index (χ4n) is 4.79. The number of fused-ring (bicyclic) bond motifs is 1. The summed E-state index contributed by atoms with van der Waals surface area (Å²) in [5.41, 5.74) is 0.772. The maximum atomic E-state index is 14.0. The van der Waals surface area contributed by atoms with E-state index in [-0.39, 0.29) is 35.6 Å². The van der Waals surface area contributed by atoms with E-state index in [2.05, 4.69) is 4.98 Å². The number of benzene rings is 1. The second kappa shape index (κ2) is 7.90. The molecule has 3 fully saturated rings. The van der Waals surface area contributed by atoms with Crippen LogP contribution in [-0.2, 0) is 4.74 Å². The molecule has 2 aliphatic carbocycles. The summed E-state index contributed by atoms with van der Waals surface area (Å²) in [6, 6.07) is 4.90. The van der Waals surface area contributed by atoms with Crippen LogP contribution in [0.1, 0.15) is 65.2 Å². The molecule has 0 spiro atoms. The van der Waals surface area contributed by atoms with Crippen molar-refractivity contribution in [1.82, 2.24) is 4.98 Å². The van der Waals surface area contributed by atoms with Crippen LogP contribution in [0, 0.1) is 17.7 Å². The molecule has 2 aromatic rings. The van der Waals surface area contributed by atoms with E-state index in [9.17, 15) is 14.3 Å². The number of aromatic carboxylic acids is 1. The Kier molecular flexibility index (Phi) is 5.24. The summed E-state index contributed by atoms with van der Waals surface area (Å²) in [4.78, 5) is 15.2. The first-order valence-electron chi connectivity index (χ1n) is 10.4. The van der Waals surface area contributed by atoms with Crippen molar-refractivity contribution < 1.29 is 28.9 Å². The number of nitrogens with zero attached hydrogens (tertiary/aromatic N) is 1. The third-order valence-electron chi connectivity index (χ3n) is 6.54. The van der Waals surface area contributed by atoms with Crippen molar-refractivity contribution in [2.75, 3.05) is 6.61 Å². The molecule has 2 saturated carbocycles. The summed E-state index contributed by atoms with van der Waals surface area (Å²) in [7, 11) is 0. The van der Waals surface area contributed by atoms with Crippen LogP contribution in [0.3, 0.4) is 0 Å². The van der Waals surface area contributed by atoms with Gasteiger partial charge >= 0.3 is 5.97 Å². The molecule has 2 heterocycles. The van der Waals surface area contributed by atoms with Crippen molar-refractivity contribution in [3.8, 4) is 5.75 Å². The molecular formula is C22H24FNO5S. The van der Waals surface area contributed by atoms with Crippen LogP contribution in [-0.4, -0.2) is 40.0 Å². The minimum Gasteiger partial charge on any atom is -0.493 e. The lowest BCUT2D eigenvalue weighted by Gasteiger charge is -2.33. The smallest absolute Gasteiger partial charge is 0.355 e. The summed E-state index contributed by atoms with van der Waals surface area (Å²) in [6.07, 6.45) is 3.33. The molecule has 8 heteroatoms. The van der Waals surface area contributed by atoms with Gasteiger partial charge in [0.15, 0.2) is 5.69 Å². The van der Waals surface area contributed by atoms with Gasteiger partial charge in [0.2, 0.25) is 0 Å². The highest BCUT2D eigenvalue weighted by molar-refractivity contribution is 7.09. The minimum absolute atomic E-state index is 0.0447. The third-order valence-corrected chi connectivity index (χ3v) is 7.48. The van der Waals surface area contributed by atoms with Crippen LogP contribution >= 0.6 is 11.3 Å². The van der Waals surface area contributed by atoms with Gasteiger partial charge in [-0.05, 0) is 61.3 Å². The Balaban J connectivity index is 1.22. The largest absolute Gasteiger partial charge is 0.493 e. The monoisotopic (exact) mass is 433 g/mol. The third kappa shape index (κ3) is 3.84. The first kappa shape index (κ1) is 19.9. The van der Waals surface area contributed by atoms with E-state index in [1.165, 1.54) is 22.8 Å². The molecule has 1 saturated heterocycles. The molecule has 3 aliphatic rings. The molecule has 0 radical (unpaired) electrons. The molecule has 2 N–H and O–H groups in total. The Hall–Kier alpha value is -2.03. The SMILES string of the molecule is O=C(O)c1csc([C@H]2CC[C@@H]3[C@@H](COc4ccc(F)c(C5CC5)c4)[C@@H](O)C[C@@H]3O2)n1. The zero-order valence-electron chi connectivity index (χ0n) is 16.4. The van der Waals surface area contributed by atoms with Gasteiger partial charge in [0.25, 0.3) is 0 Å². The average molecular weight is 434 g/mol. The van der Waals surface area contributed by atoms with Crippen molar-refractivity contribution in [3.63, 3.8) is 0 Å². The van der Waals surface area contributed by atoms with Crippen molar-refractivity contribution in [2.45, 2.75) is 56.3 Å². The lowest BCUT2D eigenvalue weighted by atomic mass is 9.87. The van der Waals surface area contributed by atoms with Gasteiger partial charge in [0.05, 0.1) is 18.8 Å². The van der Waals surface area contributed by atoms with Gasteiger partial charge in [0, 0.05) is 17.7 Å². The van der Waals surface area contributed by atoms with Crippen molar-refractivity contribution in [3.05, 3.63) is 45.7 Å². The van der Waals surface area contributed by atoms with Gasteiger partial charge in [-0.25, -0.2) is 14.2 Å². The van der Waals surface area contributed by atoms with E-state index in [4.69, 9.17) is 14.6 Å². The highest BCUT2D eigenvalue weighted by atomic mass is 32.1. The molecule has 0 amide bonds. The Morgan fingerprint density at radius 3 is 2.87 bits per heavy atom. The number of ether oxygens (including phenoxy) is 2. The number of hydrogen-bond donors (Lipinski definition) is 2. The first-order chi connectivity index (χ1) is 14.5. The zero-order valence-corrected chi connectivity index (χ0v) is 17.2. The van der Waals surface area contributed by atoms with Gasteiger partial charge < -0.3 is 19.7 Å². The number of halogens is 1. The van der Waals surface area contributed by atoms with Crippen molar-refractivity contribution in [1.29, 1.82) is 0 Å². The van der Waals surface area contributed by atoms with Crippen LogP contribution in [0.2, 0.25) is 0 Å². The Morgan fingerprint density at radius 2 is 2.13 bits per heavy atom. The van der Waals surface area contributed by atoms with Crippen molar-refractivity contribution >= 4 is 17.3 Å². The summed E-state index contributed by atoms with van der Waals surface area (Å²) < 4.78 is 26.1. The molecular weight excluding hydrogens is 409 g/mol. The number of aliphatic hydroxyl groups excluding tert-OH is 1. The normalized spacial score (nSPS) is 30.8. The van der Waals surface area contributed by atoms with Crippen LogP contribution in [0.5, 0.6) is 5.75 Å². The Morgan fingerprint density at radius 1 is 1.30 bits per heavy atom. The molecule has 5 rings (SSSR count). The Bertz CT molecular complexity index is 945. The first-order valence-corrected chi connectivity index (χ1v) is 11.3. The molecule has 160 valence electrons. The molecule has 6 nitrogen and oxygen atoms in total. The molecule has 30 heavy (non-hydrogen) atoms. The van der Waals surface area contributed by atoms with Gasteiger partial charge in [-0.3, -0.25) is 0 Å². The number of thiazole rings is 1. The number of carboxylic acid groups (broad SMARTS) is 1. The lowest BCUT2D eigenvalue weighted by molar-refractivity contribution is -0.0811. The van der Waals surface area contributed by atoms with Crippen LogP contribution < -0.4 is 4.74 Å². The second-order valence-electron chi connectivity index (χ2n) is 8.52. The molecule has 1 aromatic carbocycles. The molecule has 1 aromatic heterocycles. The van der Waals surface area contributed by atoms with Crippen LogP contribution in [0.4, 0.5) is 4.39 Å². The lowest BCUT2D eigenvalue weighted by Crippen LogP contribution is -2.33. The fraction of sp³-hybridized carbons (Fsp3) is 0.545. The van der Waals surface area contributed by atoms with E-state index >= 15 is 0 Å². The van der Waals surface area contributed by atoms with E-state index in [0.717, 1.165) is 31.2 Å². The van der Waals surface area contributed by atoms with Crippen LogP contribution in [0.25, 0.3) is 0 Å². The van der Waals surface area contributed by atoms with Crippen molar-refractivity contribution in [2.24, 2.45) is 11.8 Å². The molecule has 0 unspecified atom stereocenters. The number of hydrogen-bond acceptors (Lipinski definition) is 6. The summed E-state index contributed by atoms with van der Waals surface area (Å²) in [5.74, 6) is -0.121.